The van der Waals surface area contributed by atoms with Gasteiger partial charge in [0.2, 0.25) is 5.91 Å². The molecule has 1 aromatic heterocycles. The van der Waals surface area contributed by atoms with Gasteiger partial charge >= 0.3 is 0 Å². The highest BCUT2D eigenvalue weighted by Gasteiger charge is 2.40. The quantitative estimate of drug-likeness (QED) is 0.835. The molecule has 2 bridgehead atoms. The van der Waals surface area contributed by atoms with Crippen molar-refractivity contribution in [2.45, 2.75) is 44.7 Å². The Labute approximate surface area is 164 Å². The Hall–Kier alpha value is -1.50. The van der Waals surface area contributed by atoms with Crippen molar-refractivity contribution in [3.63, 3.8) is 0 Å². The predicted octanol–water partition coefficient (Wildman–Crippen LogP) is 3.40. The third kappa shape index (κ3) is 4.08. The second-order valence-electron chi connectivity index (χ2n) is 7.28. The fraction of sp³-hybridized carbons (Fsp3) is 0.526. The molecule has 2 atom stereocenters. The first-order valence-corrected chi connectivity index (χ1v) is 9.93. The molecule has 2 fully saturated rings. The lowest BCUT2D eigenvalue weighted by Gasteiger charge is -2.43. The summed E-state index contributed by atoms with van der Waals surface area (Å²) in [6.07, 6.45) is 5.50. The minimum Gasteiger partial charge on any atom is -0.349 e. The summed E-state index contributed by atoms with van der Waals surface area (Å²) < 4.78 is 0. The molecule has 1 amide bonds. The molecule has 26 heavy (non-hydrogen) atoms. The van der Waals surface area contributed by atoms with Crippen LogP contribution in [0.15, 0.2) is 30.3 Å². The summed E-state index contributed by atoms with van der Waals surface area (Å²) in [5.41, 5.74) is 7.38. The third-order valence-corrected chi connectivity index (χ3v) is 6.66. The maximum absolute atomic E-state index is 12.6. The van der Waals surface area contributed by atoms with Gasteiger partial charge in [-0.05, 0) is 37.5 Å². The van der Waals surface area contributed by atoms with Gasteiger partial charge in [-0.1, -0.05) is 48.1 Å². The molecule has 4 rings (SSSR count). The van der Waals surface area contributed by atoms with Gasteiger partial charge in [0.15, 0.2) is 0 Å². The van der Waals surface area contributed by atoms with E-state index in [2.05, 4.69) is 15.5 Å². The highest BCUT2D eigenvalue weighted by molar-refractivity contribution is 7.14. The van der Waals surface area contributed by atoms with Crippen molar-refractivity contribution in [3.8, 4) is 10.6 Å². The second-order valence-corrected chi connectivity index (χ2v) is 8.34. The van der Waals surface area contributed by atoms with Gasteiger partial charge in [-0.3, -0.25) is 4.79 Å². The van der Waals surface area contributed by atoms with E-state index < -0.39 is 0 Å². The Morgan fingerprint density at radius 3 is 2.54 bits per heavy atom. The van der Waals surface area contributed by atoms with E-state index >= 15 is 0 Å². The number of halogens is 1. The number of aromatic nitrogens is 2. The van der Waals surface area contributed by atoms with Gasteiger partial charge in [0, 0.05) is 17.5 Å². The van der Waals surface area contributed by atoms with E-state index in [1.165, 1.54) is 30.6 Å². The van der Waals surface area contributed by atoms with Crippen LogP contribution in [0.4, 0.5) is 0 Å². The van der Waals surface area contributed by atoms with Gasteiger partial charge < -0.3 is 11.1 Å². The van der Waals surface area contributed by atoms with Crippen molar-refractivity contribution in [3.05, 3.63) is 35.3 Å². The molecule has 3 N–H and O–H groups in total. The molecule has 1 aromatic carbocycles. The molecule has 140 valence electrons. The van der Waals surface area contributed by atoms with Gasteiger partial charge in [-0.15, -0.1) is 22.6 Å². The molecule has 2 aliphatic rings. The van der Waals surface area contributed by atoms with Crippen molar-refractivity contribution in [2.75, 3.05) is 0 Å². The Morgan fingerprint density at radius 2 is 1.85 bits per heavy atom. The molecule has 7 heteroatoms. The number of fused-ring (bicyclic) bond motifs is 2. The van der Waals surface area contributed by atoms with Gasteiger partial charge in [-0.25, -0.2) is 0 Å². The number of rotatable bonds is 4. The Bertz CT molecular complexity index is 724. The van der Waals surface area contributed by atoms with Gasteiger partial charge in [0.05, 0.1) is 6.54 Å². The number of nitrogens with two attached hydrogens (primary N) is 1. The maximum Gasteiger partial charge on any atom is 0.223 e. The monoisotopic (exact) mass is 392 g/mol. The summed E-state index contributed by atoms with van der Waals surface area (Å²) >= 11 is 1.53. The van der Waals surface area contributed by atoms with E-state index in [9.17, 15) is 4.79 Å². The normalized spacial score (nSPS) is 27.4. The fourth-order valence-corrected chi connectivity index (χ4v) is 5.12. The summed E-state index contributed by atoms with van der Waals surface area (Å²) in [7, 11) is 0. The highest BCUT2D eigenvalue weighted by Crippen LogP contribution is 2.41. The smallest absolute Gasteiger partial charge is 0.223 e. The van der Waals surface area contributed by atoms with E-state index in [4.69, 9.17) is 5.73 Å². The van der Waals surface area contributed by atoms with E-state index in [0.29, 0.717) is 24.4 Å². The van der Waals surface area contributed by atoms with Crippen molar-refractivity contribution in [1.29, 1.82) is 0 Å². The Kier molecular flexibility index (Phi) is 6.27. The largest absolute Gasteiger partial charge is 0.349 e. The third-order valence-electron chi connectivity index (χ3n) is 5.69. The number of carbonyl (C=O) groups is 1. The van der Waals surface area contributed by atoms with Crippen LogP contribution in [0.5, 0.6) is 0 Å². The maximum atomic E-state index is 12.6. The summed E-state index contributed by atoms with van der Waals surface area (Å²) in [5.74, 6) is 1.31. The van der Waals surface area contributed by atoms with Crippen molar-refractivity contribution < 1.29 is 4.79 Å². The van der Waals surface area contributed by atoms with Crippen LogP contribution in [-0.2, 0) is 11.3 Å². The fourth-order valence-electron chi connectivity index (χ4n) is 4.33. The average Bonchev–Trinajstić information content (AvgIpc) is 3.09. The number of benzene rings is 1. The van der Waals surface area contributed by atoms with Crippen LogP contribution < -0.4 is 11.1 Å². The highest BCUT2D eigenvalue weighted by atomic mass is 35.5. The molecule has 1 heterocycles. The Morgan fingerprint density at radius 1 is 1.15 bits per heavy atom. The van der Waals surface area contributed by atoms with Gasteiger partial charge in [0.25, 0.3) is 0 Å². The molecule has 2 aliphatic carbocycles. The molecule has 0 saturated heterocycles. The lowest BCUT2D eigenvalue weighted by molar-refractivity contribution is -0.128. The lowest BCUT2D eigenvalue weighted by Crippen LogP contribution is -2.49. The molecular formula is C19H25ClN4OS. The van der Waals surface area contributed by atoms with Crippen LogP contribution in [0.1, 0.15) is 37.1 Å². The molecule has 2 unspecified atom stereocenters. The van der Waals surface area contributed by atoms with Crippen molar-refractivity contribution in [1.82, 2.24) is 15.5 Å². The van der Waals surface area contributed by atoms with Crippen LogP contribution in [0.25, 0.3) is 10.6 Å². The van der Waals surface area contributed by atoms with Crippen LogP contribution in [0, 0.1) is 17.8 Å². The molecular weight excluding hydrogens is 368 g/mol. The lowest BCUT2D eigenvalue weighted by atomic mass is 9.65. The van der Waals surface area contributed by atoms with Crippen LogP contribution in [0.2, 0.25) is 0 Å². The minimum atomic E-state index is 0. The van der Waals surface area contributed by atoms with Gasteiger partial charge in [-0.2, -0.15) is 0 Å². The topological polar surface area (TPSA) is 80.9 Å². The van der Waals surface area contributed by atoms with E-state index in [0.717, 1.165) is 28.4 Å². The minimum absolute atomic E-state index is 0. The zero-order chi connectivity index (χ0) is 17.2. The van der Waals surface area contributed by atoms with Crippen LogP contribution in [-0.4, -0.2) is 22.1 Å². The zero-order valence-electron chi connectivity index (χ0n) is 14.6. The first-order valence-electron chi connectivity index (χ1n) is 9.12. The van der Waals surface area contributed by atoms with E-state index in [1.54, 1.807) is 0 Å². The first kappa shape index (κ1) is 19.3. The standard InChI is InChI=1S/C19H24N4OS.ClH/c20-17-13-7-4-8-14(17)10-15(9-13)18(24)21-11-16-22-23-19(25-16)12-5-2-1-3-6-12;/h1-3,5-6,13-15,17H,4,7-11,20H2,(H,21,24);1H. The molecule has 0 aliphatic heterocycles. The molecule has 0 spiro atoms. The van der Waals surface area contributed by atoms with E-state index in [1.807, 2.05) is 30.3 Å². The summed E-state index contributed by atoms with van der Waals surface area (Å²) in [5, 5.41) is 13.3. The summed E-state index contributed by atoms with van der Waals surface area (Å²) in [6, 6.07) is 10.3. The van der Waals surface area contributed by atoms with Gasteiger partial charge in [0.1, 0.15) is 10.0 Å². The zero-order valence-corrected chi connectivity index (χ0v) is 16.3. The number of hydrogen-bond acceptors (Lipinski definition) is 5. The molecule has 2 aromatic rings. The average molecular weight is 393 g/mol. The van der Waals surface area contributed by atoms with Crippen LogP contribution in [0.3, 0.4) is 0 Å². The number of nitrogens with one attached hydrogen (secondary N) is 1. The molecule has 5 nitrogen and oxygen atoms in total. The SMILES string of the molecule is Cl.NC1C2CCCC1CC(C(=O)NCc1nnc(-c3ccccc3)s1)C2. The number of hydrogen-bond donors (Lipinski definition) is 2. The predicted molar refractivity (Wildman–Crippen MR) is 106 cm³/mol. The Balaban J connectivity index is 0.00000196. The molecule has 0 radical (unpaired) electrons. The number of carbonyl (C=O) groups excluding carboxylic acids is 1. The van der Waals surface area contributed by atoms with Crippen molar-refractivity contribution >= 4 is 29.7 Å². The van der Waals surface area contributed by atoms with Crippen molar-refractivity contribution in [2.24, 2.45) is 23.5 Å². The summed E-state index contributed by atoms with van der Waals surface area (Å²) in [6.45, 7) is 0.460. The van der Waals surface area contributed by atoms with E-state index in [-0.39, 0.29) is 24.2 Å². The first-order chi connectivity index (χ1) is 12.2. The second kappa shape index (κ2) is 8.46. The molecule has 2 saturated carbocycles. The number of nitrogens with zero attached hydrogens (tertiary/aromatic N) is 2. The van der Waals surface area contributed by atoms with Crippen LogP contribution >= 0.6 is 23.7 Å². The summed E-state index contributed by atoms with van der Waals surface area (Å²) in [4.78, 5) is 12.6. The number of amides is 1.